The van der Waals surface area contributed by atoms with Gasteiger partial charge in [-0.15, -0.1) is 0 Å². The van der Waals surface area contributed by atoms with E-state index in [9.17, 15) is 0 Å². The first-order valence-corrected chi connectivity index (χ1v) is 10.9. The molecule has 1 rings (SSSR count). The molecule has 1 unspecified atom stereocenters. The van der Waals surface area contributed by atoms with Gasteiger partial charge in [-0.3, -0.25) is 0 Å². The third-order valence-corrected chi connectivity index (χ3v) is 10.9. The Kier molecular flexibility index (Phi) is 8.46. The average Bonchev–Trinajstić information content (AvgIpc) is 2.42. The smallest absolute Gasteiger partial charge is 0.200 e. The highest BCUT2D eigenvalue weighted by Crippen LogP contribution is 2.42. The lowest BCUT2D eigenvalue weighted by atomic mass is 10.2. The maximum Gasteiger partial charge on any atom is 0.200 e. The Balaban J connectivity index is 2.33. The maximum atomic E-state index is 6.52. The number of ether oxygens (including phenoxy) is 2. The molecular formula is C17H36O3Si. The van der Waals surface area contributed by atoms with Crippen LogP contribution in [0.3, 0.4) is 0 Å². The second kappa shape index (κ2) is 9.28. The van der Waals surface area contributed by atoms with Crippen molar-refractivity contribution in [2.24, 2.45) is 0 Å². The molecule has 0 aromatic carbocycles. The van der Waals surface area contributed by atoms with Crippen molar-refractivity contribution in [2.45, 2.75) is 90.1 Å². The van der Waals surface area contributed by atoms with Crippen LogP contribution >= 0.6 is 0 Å². The van der Waals surface area contributed by atoms with Crippen LogP contribution in [-0.4, -0.2) is 34.4 Å². The highest BCUT2D eigenvalue weighted by atomic mass is 28.4. The van der Waals surface area contributed by atoms with Crippen LogP contribution in [0.15, 0.2) is 0 Å². The zero-order valence-corrected chi connectivity index (χ0v) is 16.0. The van der Waals surface area contributed by atoms with E-state index < -0.39 is 8.32 Å². The summed E-state index contributed by atoms with van der Waals surface area (Å²) < 4.78 is 17.9. The third-order valence-electron chi connectivity index (χ3n) is 4.79. The van der Waals surface area contributed by atoms with Gasteiger partial charge in [-0.2, -0.15) is 0 Å². The van der Waals surface area contributed by atoms with Gasteiger partial charge in [0.05, 0.1) is 6.61 Å². The van der Waals surface area contributed by atoms with Crippen LogP contribution in [0.5, 0.6) is 0 Å². The summed E-state index contributed by atoms with van der Waals surface area (Å²) in [6, 6.07) is 0. The van der Waals surface area contributed by atoms with Gasteiger partial charge >= 0.3 is 0 Å². The SMILES string of the molecule is CC(C)[Si](OCCCOC1CCCCO1)(C(C)C)C(C)C. The van der Waals surface area contributed by atoms with Gasteiger partial charge in [-0.25, -0.2) is 0 Å². The molecule has 0 bridgehead atoms. The summed E-state index contributed by atoms with van der Waals surface area (Å²) >= 11 is 0. The molecule has 0 amide bonds. The number of hydrogen-bond acceptors (Lipinski definition) is 3. The van der Waals surface area contributed by atoms with Crippen molar-refractivity contribution in [1.82, 2.24) is 0 Å². The molecule has 0 aromatic rings. The molecule has 1 fully saturated rings. The molecule has 0 saturated carbocycles. The van der Waals surface area contributed by atoms with E-state index in [1.54, 1.807) is 0 Å². The fourth-order valence-corrected chi connectivity index (χ4v) is 9.36. The molecular weight excluding hydrogens is 280 g/mol. The van der Waals surface area contributed by atoms with Crippen LogP contribution in [0.2, 0.25) is 16.6 Å². The fraction of sp³-hybridized carbons (Fsp3) is 1.00. The molecule has 0 aliphatic carbocycles. The first-order valence-electron chi connectivity index (χ1n) is 8.78. The van der Waals surface area contributed by atoms with E-state index in [2.05, 4.69) is 41.5 Å². The van der Waals surface area contributed by atoms with Crippen molar-refractivity contribution in [3.8, 4) is 0 Å². The molecule has 0 spiro atoms. The summed E-state index contributed by atoms with van der Waals surface area (Å²) in [6.45, 7) is 16.4. The van der Waals surface area contributed by atoms with Crippen LogP contribution in [0.1, 0.15) is 67.2 Å². The average molecular weight is 317 g/mol. The summed E-state index contributed by atoms with van der Waals surface area (Å²) in [5, 5.41) is 0. The van der Waals surface area contributed by atoms with E-state index in [1.807, 2.05) is 0 Å². The molecule has 0 aromatic heterocycles. The minimum atomic E-state index is -1.70. The van der Waals surface area contributed by atoms with Gasteiger partial charge in [0.25, 0.3) is 0 Å². The second-order valence-electron chi connectivity index (χ2n) is 7.19. The molecule has 126 valence electrons. The summed E-state index contributed by atoms with van der Waals surface area (Å²) in [5.74, 6) is 0. The van der Waals surface area contributed by atoms with Crippen molar-refractivity contribution >= 4 is 8.32 Å². The first-order chi connectivity index (χ1) is 9.91. The molecule has 1 atom stereocenters. The molecule has 1 aliphatic heterocycles. The lowest BCUT2D eigenvalue weighted by Gasteiger charge is -2.42. The maximum absolute atomic E-state index is 6.52. The minimum absolute atomic E-state index is 0.0287. The lowest BCUT2D eigenvalue weighted by Crippen LogP contribution is -2.48. The third kappa shape index (κ3) is 5.34. The number of hydrogen-bond donors (Lipinski definition) is 0. The fourth-order valence-electron chi connectivity index (χ4n) is 3.87. The quantitative estimate of drug-likeness (QED) is 0.437. The zero-order chi connectivity index (χ0) is 15.9. The summed E-state index contributed by atoms with van der Waals surface area (Å²) in [5.41, 5.74) is 1.96. The van der Waals surface area contributed by atoms with Gasteiger partial charge in [-0.1, -0.05) is 41.5 Å². The zero-order valence-electron chi connectivity index (χ0n) is 15.0. The summed E-state index contributed by atoms with van der Waals surface area (Å²) in [7, 11) is -1.70. The van der Waals surface area contributed by atoms with Crippen molar-refractivity contribution < 1.29 is 13.9 Å². The monoisotopic (exact) mass is 316 g/mol. The van der Waals surface area contributed by atoms with Gasteiger partial charge in [-0.05, 0) is 42.3 Å². The predicted octanol–water partition coefficient (Wildman–Crippen LogP) is 5.11. The van der Waals surface area contributed by atoms with Crippen LogP contribution in [-0.2, 0) is 13.9 Å². The Morgan fingerprint density at radius 1 is 0.952 bits per heavy atom. The minimum Gasteiger partial charge on any atom is -0.416 e. The van der Waals surface area contributed by atoms with E-state index in [1.165, 1.54) is 12.8 Å². The molecule has 0 N–H and O–H groups in total. The van der Waals surface area contributed by atoms with E-state index in [-0.39, 0.29) is 6.29 Å². The van der Waals surface area contributed by atoms with Gasteiger partial charge in [0.1, 0.15) is 0 Å². The number of rotatable bonds is 9. The Labute approximate surface area is 132 Å². The Bertz CT molecular complexity index is 251. The van der Waals surface area contributed by atoms with E-state index >= 15 is 0 Å². The Hall–Kier alpha value is 0.0969. The molecule has 1 heterocycles. The van der Waals surface area contributed by atoms with Crippen molar-refractivity contribution in [3.05, 3.63) is 0 Å². The molecule has 1 saturated heterocycles. The lowest BCUT2D eigenvalue weighted by molar-refractivity contribution is -0.163. The topological polar surface area (TPSA) is 27.7 Å². The Morgan fingerprint density at radius 3 is 2.05 bits per heavy atom. The molecule has 0 radical (unpaired) electrons. The van der Waals surface area contributed by atoms with Crippen molar-refractivity contribution in [2.75, 3.05) is 19.8 Å². The van der Waals surface area contributed by atoms with Gasteiger partial charge in [0, 0.05) is 13.2 Å². The summed E-state index contributed by atoms with van der Waals surface area (Å²) in [4.78, 5) is 0. The second-order valence-corrected chi connectivity index (χ2v) is 12.6. The van der Waals surface area contributed by atoms with Crippen LogP contribution in [0.4, 0.5) is 0 Å². The highest BCUT2D eigenvalue weighted by Gasteiger charge is 2.44. The predicted molar refractivity (Wildman–Crippen MR) is 91.2 cm³/mol. The van der Waals surface area contributed by atoms with E-state index in [4.69, 9.17) is 13.9 Å². The first kappa shape index (κ1) is 19.1. The summed E-state index contributed by atoms with van der Waals surface area (Å²) in [6.07, 6.45) is 4.45. The van der Waals surface area contributed by atoms with Gasteiger partial charge in [0.2, 0.25) is 0 Å². The van der Waals surface area contributed by atoms with E-state index in [0.717, 1.165) is 32.7 Å². The molecule has 21 heavy (non-hydrogen) atoms. The van der Waals surface area contributed by atoms with Crippen LogP contribution in [0.25, 0.3) is 0 Å². The largest absolute Gasteiger partial charge is 0.416 e. The molecule has 1 aliphatic rings. The van der Waals surface area contributed by atoms with Gasteiger partial charge < -0.3 is 13.9 Å². The van der Waals surface area contributed by atoms with Gasteiger partial charge in [0.15, 0.2) is 14.6 Å². The molecule has 4 heteroatoms. The van der Waals surface area contributed by atoms with Crippen LogP contribution in [0, 0.1) is 0 Å². The standard InChI is InChI=1S/C17H36O3Si/c1-14(2)21(15(3)4,16(5)6)20-13-9-12-19-17-10-7-8-11-18-17/h14-17H,7-13H2,1-6H3. The van der Waals surface area contributed by atoms with Crippen LogP contribution < -0.4 is 0 Å². The normalized spacial score (nSPS) is 20.7. The van der Waals surface area contributed by atoms with E-state index in [0.29, 0.717) is 16.6 Å². The highest BCUT2D eigenvalue weighted by molar-refractivity contribution is 6.77. The Morgan fingerprint density at radius 2 is 1.57 bits per heavy atom. The molecule has 3 nitrogen and oxygen atoms in total. The van der Waals surface area contributed by atoms with Crippen molar-refractivity contribution in [1.29, 1.82) is 0 Å². The van der Waals surface area contributed by atoms with Crippen molar-refractivity contribution in [3.63, 3.8) is 0 Å².